The highest BCUT2D eigenvalue weighted by Crippen LogP contribution is 2.22. The van der Waals surface area contributed by atoms with Crippen molar-refractivity contribution in [2.45, 2.75) is 58.2 Å². The summed E-state index contributed by atoms with van der Waals surface area (Å²) in [6, 6.07) is 11.2. The molecule has 0 radical (unpaired) electrons. The van der Waals surface area contributed by atoms with Gasteiger partial charge in [0.25, 0.3) is 0 Å². The van der Waals surface area contributed by atoms with Gasteiger partial charge in [0.05, 0.1) is 12.7 Å². The topological polar surface area (TPSA) is 65.7 Å². The van der Waals surface area contributed by atoms with Crippen molar-refractivity contribution < 1.29 is 4.42 Å². The zero-order valence-corrected chi connectivity index (χ0v) is 20.3. The van der Waals surface area contributed by atoms with Crippen LogP contribution in [0.2, 0.25) is 0 Å². The first-order chi connectivity index (χ1) is 13.5. The smallest absolute Gasteiger partial charge is 0.213 e. The number of oxazole rings is 1. The summed E-state index contributed by atoms with van der Waals surface area (Å²) in [6.45, 7) is 9.92. The van der Waals surface area contributed by atoms with E-state index in [0.29, 0.717) is 18.5 Å². The molecule has 160 valence electrons. The van der Waals surface area contributed by atoms with Gasteiger partial charge in [-0.25, -0.2) is 4.98 Å². The number of guanidine groups is 1. The first-order valence-electron chi connectivity index (χ1n) is 10.1. The highest BCUT2D eigenvalue weighted by molar-refractivity contribution is 14.0. The van der Waals surface area contributed by atoms with Crippen LogP contribution in [0.5, 0.6) is 0 Å². The Morgan fingerprint density at radius 1 is 1.24 bits per heavy atom. The molecule has 2 aromatic rings. The van der Waals surface area contributed by atoms with Crippen LogP contribution in [0.25, 0.3) is 0 Å². The number of hydrogen-bond donors (Lipinski definition) is 2. The van der Waals surface area contributed by atoms with E-state index >= 15 is 0 Å². The summed E-state index contributed by atoms with van der Waals surface area (Å²) in [5.74, 6) is 2.36. The zero-order chi connectivity index (χ0) is 20.0. The van der Waals surface area contributed by atoms with Gasteiger partial charge in [0.2, 0.25) is 5.89 Å². The molecular weight excluding hydrogens is 477 g/mol. The van der Waals surface area contributed by atoms with Gasteiger partial charge in [0.15, 0.2) is 5.96 Å². The van der Waals surface area contributed by atoms with E-state index in [1.165, 1.54) is 18.4 Å². The second-order valence-corrected chi connectivity index (χ2v) is 8.43. The van der Waals surface area contributed by atoms with Gasteiger partial charge in [-0.2, -0.15) is 0 Å². The second-order valence-electron chi connectivity index (χ2n) is 8.43. The zero-order valence-electron chi connectivity index (χ0n) is 17.9. The van der Waals surface area contributed by atoms with Gasteiger partial charge >= 0.3 is 0 Å². The van der Waals surface area contributed by atoms with Crippen LogP contribution in [0.4, 0.5) is 0 Å². The lowest BCUT2D eigenvalue weighted by Crippen LogP contribution is -2.44. The molecule has 1 atom stereocenters. The van der Waals surface area contributed by atoms with Crippen molar-refractivity contribution in [2.24, 2.45) is 4.99 Å². The summed E-state index contributed by atoms with van der Waals surface area (Å²) in [7, 11) is 1.79. The fourth-order valence-corrected chi connectivity index (χ4v) is 3.49. The van der Waals surface area contributed by atoms with Crippen LogP contribution in [0.3, 0.4) is 0 Å². The molecule has 1 fully saturated rings. The molecule has 7 heteroatoms. The lowest BCUT2D eigenvalue weighted by atomic mass is 9.94. The highest BCUT2D eigenvalue weighted by Gasteiger charge is 2.24. The van der Waals surface area contributed by atoms with Crippen LogP contribution < -0.4 is 10.6 Å². The number of hydrogen-bond acceptors (Lipinski definition) is 4. The highest BCUT2D eigenvalue weighted by atomic mass is 127. The van der Waals surface area contributed by atoms with Gasteiger partial charge < -0.3 is 15.1 Å². The maximum atomic E-state index is 5.84. The Kier molecular flexibility index (Phi) is 8.95. The third-order valence-electron chi connectivity index (χ3n) is 5.16. The van der Waals surface area contributed by atoms with Crippen LogP contribution in [0.1, 0.15) is 50.8 Å². The summed E-state index contributed by atoms with van der Waals surface area (Å²) < 4.78 is 5.84. The average Bonchev–Trinajstić information content (AvgIpc) is 3.32. The van der Waals surface area contributed by atoms with Gasteiger partial charge in [0.1, 0.15) is 5.76 Å². The van der Waals surface area contributed by atoms with Crippen LogP contribution in [-0.4, -0.2) is 42.0 Å². The Labute approximate surface area is 191 Å². The van der Waals surface area contributed by atoms with Crippen molar-refractivity contribution in [2.75, 3.05) is 20.1 Å². The number of halogens is 1. The summed E-state index contributed by atoms with van der Waals surface area (Å²) in [6.07, 6.45) is 4.27. The molecule has 0 bridgehead atoms. The van der Waals surface area contributed by atoms with Crippen molar-refractivity contribution in [3.63, 3.8) is 0 Å². The molecule has 2 heterocycles. The molecule has 3 rings (SSSR count). The summed E-state index contributed by atoms with van der Waals surface area (Å²) in [5.41, 5.74) is 1.34. The molecule has 0 aliphatic carbocycles. The van der Waals surface area contributed by atoms with Gasteiger partial charge in [-0.05, 0) is 24.9 Å². The molecule has 1 aromatic carbocycles. The molecule has 1 aromatic heterocycles. The quantitative estimate of drug-likeness (QED) is 0.350. The van der Waals surface area contributed by atoms with Crippen LogP contribution in [-0.2, 0) is 18.5 Å². The average molecular weight is 511 g/mol. The fraction of sp³-hybridized carbons (Fsp3) is 0.545. The summed E-state index contributed by atoms with van der Waals surface area (Å²) in [4.78, 5) is 11.3. The SMILES string of the molecule is CN=C(NCc1ncc(C(C)(C)C)o1)NCC1CCCN1Cc1ccccc1.I. The molecule has 2 N–H and O–H groups in total. The Balaban J connectivity index is 0.00000300. The lowest BCUT2D eigenvalue weighted by Gasteiger charge is -2.25. The van der Waals surface area contributed by atoms with Gasteiger partial charge in [-0.3, -0.25) is 9.89 Å². The standard InChI is InChI=1S/C22H33N5O.HI/c1-22(2,3)19-14-24-20(28-19)15-26-21(23-4)25-13-18-11-8-12-27(18)16-17-9-6-5-7-10-17;/h5-7,9-10,14,18H,8,11-13,15-16H2,1-4H3,(H2,23,25,26);1H. The Morgan fingerprint density at radius 2 is 2.00 bits per heavy atom. The number of nitrogens with zero attached hydrogens (tertiary/aromatic N) is 3. The third-order valence-corrected chi connectivity index (χ3v) is 5.16. The van der Waals surface area contributed by atoms with Crippen molar-refractivity contribution in [1.29, 1.82) is 0 Å². The third kappa shape index (κ3) is 6.99. The predicted molar refractivity (Wildman–Crippen MR) is 129 cm³/mol. The fourth-order valence-electron chi connectivity index (χ4n) is 3.49. The van der Waals surface area contributed by atoms with Gasteiger partial charge in [-0.15, -0.1) is 24.0 Å². The molecule has 1 saturated heterocycles. The number of rotatable bonds is 6. The van der Waals surface area contributed by atoms with E-state index in [4.69, 9.17) is 4.42 Å². The van der Waals surface area contributed by atoms with Gasteiger partial charge in [0, 0.05) is 31.6 Å². The largest absolute Gasteiger partial charge is 0.443 e. The summed E-state index contributed by atoms with van der Waals surface area (Å²) >= 11 is 0. The second kappa shape index (κ2) is 11.0. The van der Waals surface area contributed by atoms with Crippen LogP contribution >= 0.6 is 24.0 Å². The minimum absolute atomic E-state index is 0. The number of likely N-dealkylation sites (tertiary alicyclic amines) is 1. The monoisotopic (exact) mass is 511 g/mol. The molecule has 0 saturated carbocycles. The van der Waals surface area contributed by atoms with E-state index in [-0.39, 0.29) is 29.4 Å². The van der Waals surface area contributed by atoms with E-state index in [1.54, 1.807) is 7.05 Å². The van der Waals surface area contributed by atoms with Crippen LogP contribution in [0.15, 0.2) is 45.9 Å². The molecule has 0 spiro atoms. The number of nitrogens with one attached hydrogen (secondary N) is 2. The number of aliphatic imine (C=N–C) groups is 1. The Bertz CT molecular complexity index is 769. The Morgan fingerprint density at radius 3 is 2.66 bits per heavy atom. The van der Waals surface area contributed by atoms with E-state index < -0.39 is 0 Å². The van der Waals surface area contributed by atoms with Crippen LogP contribution in [0, 0.1) is 0 Å². The van der Waals surface area contributed by atoms with Crippen molar-refractivity contribution in [3.05, 3.63) is 53.7 Å². The molecule has 0 amide bonds. The van der Waals surface area contributed by atoms with E-state index in [2.05, 4.69) is 76.6 Å². The van der Waals surface area contributed by atoms with E-state index in [0.717, 1.165) is 31.4 Å². The molecule has 1 unspecified atom stereocenters. The van der Waals surface area contributed by atoms with Crippen molar-refractivity contribution in [3.8, 4) is 0 Å². The van der Waals surface area contributed by atoms with Gasteiger partial charge in [-0.1, -0.05) is 51.1 Å². The lowest BCUT2D eigenvalue weighted by molar-refractivity contribution is 0.245. The molecule has 29 heavy (non-hydrogen) atoms. The molecular formula is C22H34IN5O. The molecule has 1 aliphatic heterocycles. The Hall–Kier alpha value is -1.61. The minimum atomic E-state index is -0.0319. The predicted octanol–water partition coefficient (Wildman–Crippen LogP) is 3.92. The number of aromatic nitrogens is 1. The van der Waals surface area contributed by atoms with E-state index in [1.807, 2.05) is 6.20 Å². The maximum absolute atomic E-state index is 5.84. The first-order valence-corrected chi connectivity index (χ1v) is 10.1. The minimum Gasteiger partial charge on any atom is -0.443 e. The summed E-state index contributed by atoms with van der Waals surface area (Å²) in [5, 5.41) is 6.77. The first kappa shape index (κ1) is 23.7. The molecule has 1 aliphatic rings. The molecule has 6 nitrogen and oxygen atoms in total. The maximum Gasteiger partial charge on any atom is 0.213 e. The number of benzene rings is 1. The van der Waals surface area contributed by atoms with Crippen molar-refractivity contribution in [1.82, 2.24) is 20.5 Å². The van der Waals surface area contributed by atoms with E-state index in [9.17, 15) is 0 Å². The van der Waals surface area contributed by atoms with Crippen molar-refractivity contribution >= 4 is 29.9 Å². The normalized spacial score (nSPS) is 17.8.